The molecule has 118 valence electrons. The monoisotopic (exact) mass is 287 g/mol. The van der Waals surface area contributed by atoms with Crippen LogP contribution in [0.25, 0.3) is 0 Å². The largest absolute Gasteiger partial charge is 0.481 e. The molecule has 0 aliphatic rings. The van der Waals surface area contributed by atoms with Crippen LogP contribution in [-0.2, 0) is 4.79 Å². The summed E-state index contributed by atoms with van der Waals surface area (Å²) < 4.78 is 0. The summed E-state index contributed by atoms with van der Waals surface area (Å²) in [5.41, 5.74) is 0. The second-order valence-electron chi connectivity index (χ2n) is 5.11. The number of urea groups is 1. The molecular weight excluding hydrogens is 258 g/mol. The smallest absolute Gasteiger partial charge is 0.314 e. The molecule has 1 unspecified atom stereocenters. The molecule has 0 bridgehead atoms. The number of carbonyl (C=O) groups is 2. The number of nitrogens with one attached hydrogen (secondary N) is 2. The van der Waals surface area contributed by atoms with Crippen molar-refractivity contribution in [3.63, 3.8) is 0 Å². The number of nitrogens with zero attached hydrogens (tertiary/aromatic N) is 1. The molecule has 0 aromatic heterocycles. The van der Waals surface area contributed by atoms with Crippen LogP contribution in [0.3, 0.4) is 0 Å². The van der Waals surface area contributed by atoms with Gasteiger partial charge in [-0.05, 0) is 31.8 Å². The summed E-state index contributed by atoms with van der Waals surface area (Å²) >= 11 is 0. The number of amides is 2. The molecule has 0 aliphatic heterocycles. The second kappa shape index (κ2) is 11.5. The van der Waals surface area contributed by atoms with Crippen molar-refractivity contribution in [3.05, 3.63) is 0 Å². The first kappa shape index (κ1) is 18.7. The minimum Gasteiger partial charge on any atom is -0.481 e. The van der Waals surface area contributed by atoms with Crippen molar-refractivity contribution in [3.8, 4) is 0 Å². The molecule has 0 spiro atoms. The number of aliphatic carboxylic acids is 1. The summed E-state index contributed by atoms with van der Waals surface area (Å²) in [6, 6.07) is -0.181. The van der Waals surface area contributed by atoms with Crippen LogP contribution >= 0.6 is 0 Å². The van der Waals surface area contributed by atoms with Crippen molar-refractivity contribution in [1.29, 1.82) is 0 Å². The van der Waals surface area contributed by atoms with Crippen LogP contribution < -0.4 is 10.6 Å². The fourth-order valence-electron chi connectivity index (χ4n) is 1.87. The van der Waals surface area contributed by atoms with Crippen molar-refractivity contribution in [2.75, 3.05) is 32.7 Å². The fourth-order valence-corrected chi connectivity index (χ4v) is 1.87. The lowest BCUT2D eigenvalue weighted by molar-refractivity contribution is -0.137. The van der Waals surface area contributed by atoms with Gasteiger partial charge in [0.05, 0.1) is 0 Å². The van der Waals surface area contributed by atoms with Gasteiger partial charge in [-0.15, -0.1) is 0 Å². The first-order chi connectivity index (χ1) is 9.49. The molecular formula is C14H29N3O3. The van der Waals surface area contributed by atoms with Gasteiger partial charge < -0.3 is 20.6 Å². The van der Waals surface area contributed by atoms with E-state index in [1.165, 1.54) is 0 Å². The number of rotatable bonds is 11. The molecule has 6 heteroatoms. The lowest BCUT2D eigenvalue weighted by Crippen LogP contribution is -2.41. The number of carbonyl (C=O) groups excluding carboxylic acids is 1. The van der Waals surface area contributed by atoms with E-state index in [0.717, 1.165) is 26.1 Å². The van der Waals surface area contributed by atoms with E-state index >= 15 is 0 Å². The summed E-state index contributed by atoms with van der Waals surface area (Å²) in [7, 11) is 0. The molecule has 20 heavy (non-hydrogen) atoms. The second-order valence-corrected chi connectivity index (χ2v) is 5.11. The van der Waals surface area contributed by atoms with E-state index in [-0.39, 0.29) is 18.4 Å². The van der Waals surface area contributed by atoms with Gasteiger partial charge in [0.2, 0.25) is 0 Å². The third-order valence-corrected chi connectivity index (χ3v) is 3.16. The summed E-state index contributed by atoms with van der Waals surface area (Å²) in [6.07, 6.45) is 1.84. The van der Waals surface area contributed by atoms with E-state index in [1.807, 2.05) is 6.92 Å². The Morgan fingerprint density at radius 3 is 2.45 bits per heavy atom. The third-order valence-electron chi connectivity index (χ3n) is 3.16. The van der Waals surface area contributed by atoms with E-state index in [1.54, 1.807) is 0 Å². The van der Waals surface area contributed by atoms with Gasteiger partial charge in [-0.3, -0.25) is 4.79 Å². The van der Waals surface area contributed by atoms with Crippen LogP contribution in [0.1, 0.15) is 40.0 Å². The van der Waals surface area contributed by atoms with E-state index < -0.39 is 5.97 Å². The first-order valence-corrected chi connectivity index (χ1v) is 7.45. The summed E-state index contributed by atoms with van der Waals surface area (Å²) in [6.45, 7) is 10.2. The maximum absolute atomic E-state index is 11.6. The van der Waals surface area contributed by atoms with Gasteiger partial charge in [-0.1, -0.05) is 20.8 Å². The van der Waals surface area contributed by atoms with Crippen molar-refractivity contribution in [1.82, 2.24) is 15.5 Å². The Bertz CT molecular complexity index is 285. The van der Waals surface area contributed by atoms with Gasteiger partial charge >= 0.3 is 12.0 Å². The Morgan fingerprint density at radius 1 is 1.20 bits per heavy atom. The lowest BCUT2D eigenvalue weighted by atomic mass is 10.1. The highest BCUT2D eigenvalue weighted by molar-refractivity contribution is 5.73. The average molecular weight is 287 g/mol. The molecule has 2 amide bonds. The predicted octanol–water partition coefficient (Wildman–Crippen LogP) is 1.52. The minimum atomic E-state index is -0.795. The van der Waals surface area contributed by atoms with Crippen molar-refractivity contribution >= 4 is 12.0 Å². The highest BCUT2D eigenvalue weighted by Gasteiger charge is 2.08. The zero-order valence-electron chi connectivity index (χ0n) is 12.9. The molecule has 0 rings (SSSR count). The molecule has 0 saturated heterocycles. The van der Waals surface area contributed by atoms with Gasteiger partial charge in [0.1, 0.15) is 0 Å². The third kappa shape index (κ3) is 10.6. The molecule has 6 nitrogen and oxygen atoms in total. The van der Waals surface area contributed by atoms with Gasteiger partial charge in [0.25, 0.3) is 0 Å². The fraction of sp³-hybridized carbons (Fsp3) is 0.857. The van der Waals surface area contributed by atoms with Crippen LogP contribution in [0.2, 0.25) is 0 Å². The Kier molecular flexibility index (Phi) is 10.8. The van der Waals surface area contributed by atoms with Crippen LogP contribution in [0.4, 0.5) is 4.79 Å². The predicted molar refractivity (Wildman–Crippen MR) is 79.8 cm³/mol. The number of likely N-dealkylation sites (N-methyl/N-ethyl adjacent to an activating group) is 1. The molecule has 0 aromatic carbocycles. The van der Waals surface area contributed by atoms with Crippen LogP contribution in [0.5, 0.6) is 0 Å². The Balaban J connectivity index is 3.65. The maximum atomic E-state index is 11.6. The number of hydrogen-bond acceptors (Lipinski definition) is 3. The Hall–Kier alpha value is -1.30. The van der Waals surface area contributed by atoms with Crippen LogP contribution in [0, 0.1) is 5.92 Å². The zero-order chi connectivity index (χ0) is 15.4. The topological polar surface area (TPSA) is 81.7 Å². The highest BCUT2D eigenvalue weighted by atomic mass is 16.4. The van der Waals surface area contributed by atoms with Crippen molar-refractivity contribution in [2.45, 2.75) is 40.0 Å². The van der Waals surface area contributed by atoms with Gasteiger partial charge in [0.15, 0.2) is 0 Å². The molecule has 0 saturated carbocycles. The minimum absolute atomic E-state index is 0.146. The highest BCUT2D eigenvalue weighted by Crippen LogP contribution is 2.03. The Morgan fingerprint density at radius 2 is 1.90 bits per heavy atom. The van der Waals surface area contributed by atoms with Gasteiger partial charge in [0, 0.05) is 26.1 Å². The molecule has 0 heterocycles. The molecule has 1 atom stereocenters. The van der Waals surface area contributed by atoms with Crippen LogP contribution in [-0.4, -0.2) is 54.7 Å². The summed E-state index contributed by atoms with van der Waals surface area (Å²) in [4.78, 5) is 24.3. The van der Waals surface area contributed by atoms with Crippen molar-refractivity contribution < 1.29 is 14.7 Å². The summed E-state index contributed by atoms with van der Waals surface area (Å²) in [5, 5.41) is 14.2. The lowest BCUT2D eigenvalue weighted by Gasteiger charge is -2.19. The molecule has 0 aliphatic carbocycles. The van der Waals surface area contributed by atoms with E-state index in [9.17, 15) is 9.59 Å². The molecule has 0 fully saturated rings. The number of carboxylic acid groups (broad SMARTS) is 1. The first-order valence-electron chi connectivity index (χ1n) is 7.45. The molecule has 0 radical (unpaired) electrons. The van der Waals surface area contributed by atoms with Crippen LogP contribution in [0.15, 0.2) is 0 Å². The van der Waals surface area contributed by atoms with Gasteiger partial charge in [-0.2, -0.15) is 0 Å². The average Bonchev–Trinajstić information content (AvgIpc) is 2.41. The van der Waals surface area contributed by atoms with E-state index in [4.69, 9.17) is 5.11 Å². The van der Waals surface area contributed by atoms with Gasteiger partial charge in [-0.25, -0.2) is 4.79 Å². The SMILES string of the molecule is CCCN(CC)CCNC(=O)NCC(C)CCC(=O)O. The summed E-state index contributed by atoms with van der Waals surface area (Å²) in [5.74, 6) is -0.624. The number of carboxylic acids is 1. The molecule has 3 N–H and O–H groups in total. The maximum Gasteiger partial charge on any atom is 0.314 e. The number of hydrogen-bond donors (Lipinski definition) is 3. The Labute approximate surface area is 121 Å². The van der Waals surface area contributed by atoms with E-state index in [2.05, 4.69) is 29.4 Å². The molecule has 0 aromatic rings. The van der Waals surface area contributed by atoms with E-state index in [0.29, 0.717) is 19.5 Å². The normalized spacial score (nSPS) is 12.2. The standard InChI is InChI=1S/C14H29N3O3/c1-4-9-17(5-2)10-8-15-14(20)16-11-12(3)6-7-13(18)19/h12H,4-11H2,1-3H3,(H,18,19)(H2,15,16,20). The van der Waals surface area contributed by atoms with Crippen molar-refractivity contribution in [2.24, 2.45) is 5.92 Å². The zero-order valence-corrected chi connectivity index (χ0v) is 12.9. The quantitative estimate of drug-likeness (QED) is 0.538.